The number of nitrogens with one attached hydrogen (secondary N) is 1. The monoisotopic (exact) mass is 328 g/mol. The quantitative estimate of drug-likeness (QED) is 0.670. The average molecular weight is 329 g/mol. The van der Waals surface area contributed by atoms with Crippen LogP contribution in [0.15, 0.2) is 54.2 Å². The maximum absolute atomic E-state index is 12.6. The van der Waals surface area contributed by atoms with E-state index < -0.39 is 0 Å². The van der Waals surface area contributed by atoms with Gasteiger partial charge in [0.2, 0.25) is 0 Å². The lowest BCUT2D eigenvalue weighted by atomic mass is 10.2. The van der Waals surface area contributed by atoms with Gasteiger partial charge in [-0.3, -0.25) is 9.69 Å². The lowest BCUT2D eigenvalue weighted by Gasteiger charge is -2.13. The molecule has 0 aliphatic carbocycles. The molecule has 0 atom stereocenters. The number of aryl methyl sites for hydroxylation is 1. The zero-order valence-corrected chi connectivity index (χ0v) is 13.4. The molecular weight excluding hydrogens is 316 g/mol. The maximum Gasteiger partial charge on any atom is 0.281 e. The Morgan fingerprint density at radius 2 is 1.91 bits per heavy atom. The van der Waals surface area contributed by atoms with Crippen LogP contribution in [0.4, 0.5) is 5.69 Å². The molecular formula is C17H13ClN2OS. The van der Waals surface area contributed by atoms with E-state index in [0.29, 0.717) is 15.8 Å². The summed E-state index contributed by atoms with van der Waals surface area (Å²) < 4.78 is 0. The molecule has 1 amide bonds. The molecule has 110 valence electrons. The second-order valence-electron chi connectivity index (χ2n) is 5.02. The van der Waals surface area contributed by atoms with E-state index in [1.54, 1.807) is 18.2 Å². The summed E-state index contributed by atoms with van der Waals surface area (Å²) in [6.07, 6.45) is 1.74. The first-order valence-electron chi connectivity index (χ1n) is 6.74. The second-order valence-corrected chi connectivity index (χ2v) is 5.84. The van der Waals surface area contributed by atoms with E-state index in [4.69, 9.17) is 23.8 Å². The molecule has 0 saturated carbocycles. The Labute approximate surface area is 139 Å². The number of nitrogens with zero attached hydrogens (tertiary/aromatic N) is 1. The number of amides is 1. The van der Waals surface area contributed by atoms with Gasteiger partial charge in [0.15, 0.2) is 5.11 Å². The summed E-state index contributed by atoms with van der Waals surface area (Å²) in [7, 11) is 0. The standard InChI is InChI=1S/C17H13ClN2OS/c1-11-5-7-14(8-6-11)20-16(21)15(19-17(20)22)10-12-3-2-4-13(18)9-12/h2-10H,1H3,(H,19,22)/b15-10+. The van der Waals surface area contributed by atoms with Crippen LogP contribution in [0.3, 0.4) is 0 Å². The van der Waals surface area contributed by atoms with Gasteiger partial charge < -0.3 is 5.32 Å². The Kier molecular flexibility index (Phi) is 3.96. The SMILES string of the molecule is Cc1ccc(N2C(=O)/C(=C\c3cccc(Cl)c3)NC2=S)cc1. The predicted octanol–water partition coefficient (Wildman–Crippen LogP) is 3.91. The third-order valence-corrected chi connectivity index (χ3v) is 3.85. The molecule has 1 N–H and O–H groups in total. The lowest BCUT2D eigenvalue weighted by molar-refractivity contribution is -0.113. The smallest absolute Gasteiger partial charge is 0.281 e. The number of carbonyl (C=O) groups excluding carboxylic acids is 1. The van der Waals surface area contributed by atoms with Crippen molar-refractivity contribution in [2.24, 2.45) is 0 Å². The summed E-state index contributed by atoms with van der Waals surface area (Å²) in [5, 5.41) is 3.96. The van der Waals surface area contributed by atoms with Crippen molar-refractivity contribution in [1.29, 1.82) is 0 Å². The first-order valence-corrected chi connectivity index (χ1v) is 7.52. The molecule has 2 aromatic carbocycles. The molecule has 1 aliphatic rings. The van der Waals surface area contributed by atoms with Crippen molar-refractivity contribution in [3.8, 4) is 0 Å². The number of benzene rings is 2. The van der Waals surface area contributed by atoms with E-state index >= 15 is 0 Å². The zero-order valence-electron chi connectivity index (χ0n) is 11.8. The van der Waals surface area contributed by atoms with E-state index in [1.165, 1.54) is 4.90 Å². The minimum absolute atomic E-state index is 0.172. The number of rotatable bonds is 2. The maximum atomic E-state index is 12.6. The number of hydrogen-bond donors (Lipinski definition) is 1. The van der Waals surface area contributed by atoms with Crippen LogP contribution >= 0.6 is 23.8 Å². The van der Waals surface area contributed by atoms with Gasteiger partial charge in [0.25, 0.3) is 5.91 Å². The summed E-state index contributed by atoms with van der Waals surface area (Å²) in [4.78, 5) is 14.1. The van der Waals surface area contributed by atoms with Crippen LogP contribution < -0.4 is 10.2 Å². The van der Waals surface area contributed by atoms with Crippen LogP contribution in [0.2, 0.25) is 5.02 Å². The molecule has 1 saturated heterocycles. The highest BCUT2D eigenvalue weighted by atomic mass is 35.5. The molecule has 3 nitrogen and oxygen atoms in total. The van der Waals surface area contributed by atoms with Crippen molar-refractivity contribution in [1.82, 2.24) is 5.32 Å². The van der Waals surface area contributed by atoms with Crippen molar-refractivity contribution in [2.45, 2.75) is 6.92 Å². The molecule has 1 aliphatic heterocycles. The minimum Gasteiger partial charge on any atom is -0.327 e. The fourth-order valence-corrected chi connectivity index (χ4v) is 2.72. The van der Waals surface area contributed by atoms with Gasteiger partial charge in [-0.05, 0) is 55.0 Å². The Balaban J connectivity index is 1.93. The van der Waals surface area contributed by atoms with E-state index in [-0.39, 0.29) is 5.91 Å². The highest BCUT2D eigenvalue weighted by Gasteiger charge is 2.31. The fraction of sp³-hybridized carbons (Fsp3) is 0.0588. The van der Waals surface area contributed by atoms with Crippen LogP contribution in [0.25, 0.3) is 6.08 Å². The molecule has 2 aromatic rings. The molecule has 0 radical (unpaired) electrons. The first-order chi connectivity index (χ1) is 10.5. The van der Waals surface area contributed by atoms with Crippen LogP contribution in [0.5, 0.6) is 0 Å². The fourth-order valence-electron chi connectivity index (χ4n) is 2.23. The van der Waals surface area contributed by atoms with Gasteiger partial charge in [-0.1, -0.05) is 41.4 Å². The highest BCUT2D eigenvalue weighted by Crippen LogP contribution is 2.23. The van der Waals surface area contributed by atoms with Gasteiger partial charge in [-0.15, -0.1) is 0 Å². The second kappa shape index (κ2) is 5.91. The van der Waals surface area contributed by atoms with Gasteiger partial charge in [0.1, 0.15) is 5.70 Å². The van der Waals surface area contributed by atoms with E-state index in [0.717, 1.165) is 16.8 Å². The van der Waals surface area contributed by atoms with E-state index in [9.17, 15) is 4.79 Å². The molecule has 0 bridgehead atoms. The molecule has 5 heteroatoms. The number of anilines is 1. The van der Waals surface area contributed by atoms with Crippen molar-refractivity contribution in [3.05, 3.63) is 70.4 Å². The summed E-state index contributed by atoms with van der Waals surface area (Å²) in [6.45, 7) is 2.00. The van der Waals surface area contributed by atoms with Crippen LogP contribution in [0.1, 0.15) is 11.1 Å². The predicted molar refractivity (Wildman–Crippen MR) is 93.8 cm³/mol. The van der Waals surface area contributed by atoms with E-state index in [2.05, 4.69) is 5.32 Å². The molecule has 3 rings (SSSR count). The average Bonchev–Trinajstić information content (AvgIpc) is 2.75. The normalized spacial score (nSPS) is 16.3. The van der Waals surface area contributed by atoms with Crippen molar-refractivity contribution < 1.29 is 4.79 Å². The van der Waals surface area contributed by atoms with Gasteiger partial charge >= 0.3 is 0 Å². The van der Waals surface area contributed by atoms with Crippen molar-refractivity contribution in [2.75, 3.05) is 4.90 Å². The third kappa shape index (κ3) is 2.89. The van der Waals surface area contributed by atoms with Crippen LogP contribution in [-0.4, -0.2) is 11.0 Å². The molecule has 1 fully saturated rings. The van der Waals surface area contributed by atoms with Gasteiger partial charge in [-0.25, -0.2) is 0 Å². The van der Waals surface area contributed by atoms with Crippen molar-refractivity contribution in [3.63, 3.8) is 0 Å². The van der Waals surface area contributed by atoms with Crippen molar-refractivity contribution >= 4 is 46.6 Å². The summed E-state index contributed by atoms with van der Waals surface area (Å²) in [5.41, 5.74) is 3.16. The van der Waals surface area contributed by atoms with E-state index in [1.807, 2.05) is 43.3 Å². The molecule has 0 spiro atoms. The minimum atomic E-state index is -0.172. The Morgan fingerprint density at radius 3 is 2.59 bits per heavy atom. The zero-order chi connectivity index (χ0) is 15.7. The Hall–Kier alpha value is -2.17. The Morgan fingerprint density at radius 1 is 1.18 bits per heavy atom. The molecule has 1 heterocycles. The third-order valence-electron chi connectivity index (χ3n) is 3.33. The highest BCUT2D eigenvalue weighted by molar-refractivity contribution is 7.80. The number of carbonyl (C=O) groups is 1. The summed E-state index contributed by atoms with van der Waals surface area (Å²) >= 11 is 11.2. The van der Waals surface area contributed by atoms with Crippen LogP contribution in [-0.2, 0) is 4.79 Å². The van der Waals surface area contributed by atoms with Gasteiger partial charge in [-0.2, -0.15) is 0 Å². The summed E-state index contributed by atoms with van der Waals surface area (Å²) in [6, 6.07) is 15.0. The topological polar surface area (TPSA) is 32.3 Å². The Bertz CT molecular complexity index is 784. The lowest BCUT2D eigenvalue weighted by Crippen LogP contribution is -2.30. The largest absolute Gasteiger partial charge is 0.327 e. The first kappa shape index (κ1) is 14.8. The van der Waals surface area contributed by atoms with Gasteiger partial charge in [0.05, 0.1) is 5.69 Å². The van der Waals surface area contributed by atoms with Crippen LogP contribution in [0, 0.1) is 6.92 Å². The number of thiocarbonyl (C=S) groups is 1. The molecule has 22 heavy (non-hydrogen) atoms. The summed E-state index contributed by atoms with van der Waals surface area (Å²) in [5.74, 6) is -0.172. The molecule has 0 unspecified atom stereocenters. The number of hydrogen-bond acceptors (Lipinski definition) is 2. The van der Waals surface area contributed by atoms with Gasteiger partial charge in [0, 0.05) is 5.02 Å². The number of halogens is 1. The molecule has 0 aromatic heterocycles.